The summed E-state index contributed by atoms with van der Waals surface area (Å²) in [6.45, 7) is 2.64. The molecule has 0 saturated carbocycles. The molecule has 0 atom stereocenters. The van der Waals surface area contributed by atoms with Gasteiger partial charge >= 0.3 is 5.97 Å². The lowest BCUT2D eigenvalue weighted by Gasteiger charge is -2.13. The monoisotopic (exact) mass is 615 g/mol. The first-order chi connectivity index (χ1) is 19.8. The number of aromatic nitrogens is 3. The van der Waals surface area contributed by atoms with Gasteiger partial charge in [0.1, 0.15) is 23.0 Å². The summed E-state index contributed by atoms with van der Waals surface area (Å²) in [7, 11) is 4.64. The number of halogens is 2. The topological polar surface area (TPSA) is 105 Å². The van der Waals surface area contributed by atoms with E-state index in [1.54, 1.807) is 56.7 Å². The van der Waals surface area contributed by atoms with Crippen molar-refractivity contribution < 1.29 is 28.8 Å². The molecule has 0 spiro atoms. The zero-order valence-electron chi connectivity index (χ0n) is 22.7. The molecule has 41 heavy (non-hydrogen) atoms. The van der Waals surface area contributed by atoms with E-state index < -0.39 is 5.97 Å². The van der Waals surface area contributed by atoms with Gasteiger partial charge in [-0.15, -0.1) is 10.2 Å². The second-order valence-corrected chi connectivity index (χ2v) is 10.4. The Morgan fingerprint density at radius 3 is 2.29 bits per heavy atom. The van der Waals surface area contributed by atoms with E-state index in [9.17, 15) is 9.90 Å². The van der Waals surface area contributed by atoms with E-state index >= 15 is 0 Å². The van der Waals surface area contributed by atoms with Gasteiger partial charge in [-0.25, -0.2) is 4.79 Å². The van der Waals surface area contributed by atoms with Crippen LogP contribution in [0.4, 0.5) is 0 Å². The fraction of sp³-hybridized carbons (Fsp3) is 0.207. The predicted molar refractivity (Wildman–Crippen MR) is 159 cm³/mol. The molecule has 9 nitrogen and oxygen atoms in total. The summed E-state index contributed by atoms with van der Waals surface area (Å²) in [5.74, 6) is 1.56. The minimum atomic E-state index is -1.11. The molecule has 1 aromatic heterocycles. The lowest BCUT2D eigenvalue weighted by atomic mass is 10.2. The number of hydrogen-bond donors (Lipinski definition) is 1. The van der Waals surface area contributed by atoms with Gasteiger partial charge < -0.3 is 28.6 Å². The van der Waals surface area contributed by atoms with Crippen molar-refractivity contribution in [1.82, 2.24) is 14.8 Å². The van der Waals surface area contributed by atoms with Gasteiger partial charge in [0.15, 0.2) is 22.5 Å². The number of rotatable bonds is 12. The molecule has 0 bridgehead atoms. The van der Waals surface area contributed by atoms with Gasteiger partial charge in [0, 0.05) is 33.8 Å². The average Bonchev–Trinajstić information content (AvgIpc) is 3.38. The van der Waals surface area contributed by atoms with Gasteiger partial charge in [-0.2, -0.15) is 0 Å². The third kappa shape index (κ3) is 7.27. The summed E-state index contributed by atoms with van der Waals surface area (Å²) in [6, 6.07) is 15.7. The van der Waals surface area contributed by atoms with Gasteiger partial charge in [-0.1, -0.05) is 35.3 Å². The van der Waals surface area contributed by atoms with Crippen molar-refractivity contribution in [3.05, 3.63) is 80.7 Å². The molecule has 1 heterocycles. The van der Waals surface area contributed by atoms with Gasteiger partial charge in [0.25, 0.3) is 0 Å². The summed E-state index contributed by atoms with van der Waals surface area (Å²) in [6.07, 6.45) is 1.54. The summed E-state index contributed by atoms with van der Waals surface area (Å²) in [4.78, 5) is 12.3. The molecular weight excluding hydrogens is 589 g/mol. The molecule has 0 aliphatic carbocycles. The van der Waals surface area contributed by atoms with Crippen LogP contribution in [0.2, 0.25) is 10.0 Å². The number of benzene rings is 3. The molecule has 0 amide bonds. The minimum absolute atomic E-state index is 0.0468. The summed E-state index contributed by atoms with van der Waals surface area (Å²) in [5, 5.41) is 20.1. The number of nitrogens with zero attached hydrogens (tertiary/aromatic N) is 3. The standard InChI is InChI=1S/C29H27Cl2N3O6S/c1-5-34-27(19-12-21(37-2)15-22(13-19)38-3)32-33-29(34)41-26(28(35)36)11-17-6-9-24(25(10-17)39-4)40-16-18-7-8-20(30)14-23(18)31/h6-15H,5,16H2,1-4H3,(H,35,36)/b26-11-. The van der Waals surface area contributed by atoms with E-state index in [-0.39, 0.29) is 11.5 Å². The normalized spacial score (nSPS) is 11.3. The second-order valence-electron chi connectivity index (χ2n) is 8.50. The first kappa shape index (κ1) is 30.1. The van der Waals surface area contributed by atoms with Crippen molar-refractivity contribution in [1.29, 1.82) is 0 Å². The number of thioether (sulfide) groups is 1. The highest BCUT2D eigenvalue weighted by atomic mass is 35.5. The maximum Gasteiger partial charge on any atom is 0.342 e. The lowest BCUT2D eigenvalue weighted by molar-refractivity contribution is -0.131. The van der Waals surface area contributed by atoms with E-state index in [0.717, 1.165) is 22.9 Å². The number of aliphatic carboxylic acids is 1. The van der Waals surface area contributed by atoms with Gasteiger partial charge in [-0.3, -0.25) is 0 Å². The van der Waals surface area contributed by atoms with Crippen LogP contribution in [0.5, 0.6) is 23.0 Å². The molecule has 4 rings (SSSR count). The Hall–Kier alpha value is -3.86. The van der Waals surface area contributed by atoms with Crippen molar-refractivity contribution in [3.8, 4) is 34.4 Å². The van der Waals surface area contributed by atoms with Crippen molar-refractivity contribution in [2.24, 2.45) is 0 Å². The molecule has 214 valence electrons. The maximum absolute atomic E-state index is 12.2. The Morgan fingerprint density at radius 2 is 1.68 bits per heavy atom. The van der Waals surface area contributed by atoms with Crippen molar-refractivity contribution in [2.75, 3.05) is 21.3 Å². The minimum Gasteiger partial charge on any atom is -0.497 e. The Morgan fingerprint density at radius 1 is 0.951 bits per heavy atom. The number of carboxylic acid groups (broad SMARTS) is 1. The molecule has 0 radical (unpaired) electrons. The molecule has 3 aromatic carbocycles. The van der Waals surface area contributed by atoms with Crippen LogP contribution in [-0.2, 0) is 17.9 Å². The fourth-order valence-electron chi connectivity index (χ4n) is 3.87. The van der Waals surface area contributed by atoms with Crippen molar-refractivity contribution >= 4 is 47.0 Å². The molecule has 0 aliphatic rings. The highest BCUT2D eigenvalue weighted by molar-refractivity contribution is 8.04. The molecule has 4 aromatic rings. The van der Waals surface area contributed by atoms with Crippen LogP contribution in [0.15, 0.2) is 64.7 Å². The number of methoxy groups -OCH3 is 3. The SMILES string of the molecule is CCn1c(S/C(=C\c2ccc(OCc3ccc(Cl)cc3Cl)c(OC)c2)C(=O)O)nnc1-c1cc(OC)cc(OC)c1. The second kappa shape index (κ2) is 13.7. The Kier molecular flexibility index (Phi) is 10.0. The van der Waals surface area contributed by atoms with Crippen LogP contribution in [0.3, 0.4) is 0 Å². The number of ether oxygens (including phenoxy) is 4. The van der Waals surface area contributed by atoms with Crippen molar-refractivity contribution in [3.63, 3.8) is 0 Å². The molecule has 0 saturated heterocycles. The van der Waals surface area contributed by atoms with E-state index in [0.29, 0.717) is 56.1 Å². The van der Waals surface area contributed by atoms with Gasteiger partial charge in [-0.05, 0) is 66.7 Å². The number of hydrogen-bond acceptors (Lipinski definition) is 8. The van der Waals surface area contributed by atoms with E-state index in [4.69, 9.17) is 42.1 Å². The Bertz CT molecular complexity index is 1570. The average molecular weight is 617 g/mol. The third-order valence-corrected chi connectivity index (χ3v) is 7.52. The van der Waals surface area contributed by atoms with Gasteiger partial charge in [0.2, 0.25) is 0 Å². The van der Waals surface area contributed by atoms with Crippen molar-refractivity contribution in [2.45, 2.75) is 25.2 Å². The largest absolute Gasteiger partial charge is 0.497 e. The van der Waals surface area contributed by atoms with Crippen LogP contribution in [0.25, 0.3) is 17.5 Å². The smallest absolute Gasteiger partial charge is 0.342 e. The molecule has 0 fully saturated rings. The predicted octanol–water partition coefficient (Wildman–Crippen LogP) is 7.09. The molecule has 1 N–H and O–H groups in total. The highest BCUT2D eigenvalue weighted by Gasteiger charge is 2.20. The maximum atomic E-state index is 12.2. The first-order valence-corrected chi connectivity index (χ1v) is 13.9. The first-order valence-electron chi connectivity index (χ1n) is 12.3. The lowest BCUT2D eigenvalue weighted by Crippen LogP contribution is -2.03. The summed E-state index contributed by atoms with van der Waals surface area (Å²) < 4.78 is 24.0. The zero-order chi connectivity index (χ0) is 29.5. The Balaban J connectivity index is 1.59. The zero-order valence-corrected chi connectivity index (χ0v) is 25.0. The quantitative estimate of drug-likeness (QED) is 0.132. The summed E-state index contributed by atoms with van der Waals surface area (Å²) >= 11 is 13.2. The third-order valence-electron chi connectivity index (χ3n) is 5.94. The molecular formula is C29H27Cl2N3O6S. The van der Waals surface area contributed by atoms with Crippen LogP contribution in [0, 0.1) is 0 Å². The molecule has 12 heteroatoms. The van der Waals surface area contributed by atoms with E-state index in [1.165, 1.54) is 13.2 Å². The fourth-order valence-corrected chi connectivity index (χ4v) is 5.22. The highest BCUT2D eigenvalue weighted by Crippen LogP contribution is 2.35. The van der Waals surface area contributed by atoms with E-state index in [2.05, 4.69) is 10.2 Å². The number of carboxylic acids is 1. The number of carbonyl (C=O) groups is 1. The molecule has 0 unspecified atom stereocenters. The molecule has 0 aliphatic heterocycles. The van der Waals surface area contributed by atoms with Crippen LogP contribution >= 0.6 is 35.0 Å². The summed E-state index contributed by atoms with van der Waals surface area (Å²) in [5.41, 5.74) is 2.09. The van der Waals surface area contributed by atoms with Crippen LogP contribution < -0.4 is 18.9 Å². The van der Waals surface area contributed by atoms with E-state index in [1.807, 2.05) is 23.6 Å². The Labute approximate surface area is 251 Å². The van der Waals surface area contributed by atoms with Crippen LogP contribution in [-0.4, -0.2) is 47.2 Å². The van der Waals surface area contributed by atoms with Gasteiger partial charge in [0.05, 0.1) is 21.3 Å². The van der Waals surface area contributed by atoms with Crippen LogP contribution in [0.1, 0.15) is 18.1 Å².